The molecule has 38 heavy (non-hydrogen) atoms. The van der Waals surface area contributed by atoms with Crippen LogP contribution in [-0.2, 0) is 4.79 Å². The molecule has 1 aromatic heterocycles. The number of amides is 1. The Labute approximate surface area is 227 Å². The van der Waals surface area contributed by atoms with Gasteiger partial charge in [-0.25, -0.2) is 4.98 Å². The van der Waals surface area contributed by atoms with E-state index in [1.165, 1.54) is 6.92 Å². The van der Waals surface area contributed by atoms with E-state index in [1.54, 1.807) is 19.1 Å². The number of rotatable bonds is 9. The van der Waals surface area contributed by atoms with Crippen molar-refractivity contribution in [1.29, 1.82) is 0 Å². The van der Waals surface area contributed by atoms with E-state index in [0.717, 1.165) is 16.8 Å². The third-order valence-corrected chi connectivity index (χ3v) is 6.48. The molecule has 204 valence electrons. The number of hydrogen-bond acceptors (Lipinski definition) is 5. The van der Waals surface area contributed by atoms with Gasteiger partial charge in [0.15, 0.2) is 0 Å². The summed E-state index contributed by atoms with van der Waals surface area (Å²) in [7, 11) is 0. The number of aryl methyl sites for hydroxylation is 2. The number of nitrogens with zero attached hydrogens (tertiary/aromatic N) is 1. The number of pyridine rings is 1. The van der Waals surface area contributed by atoms with E-state index in [0.29, 0.717) is 48.6 Å². The molecule has 1 amide bonds. The van der Waals surface area contributed by atoms with Crippen molar-refractivity contribution >= 4 is 17.5 Å². The van der Waals surface area contributed by atoms with Gasteiger partial charge in [0.25, 0.3) is 0 Å². The average Bonchev–Trinajstić information content (AvgIpc) is 3.71. The molecule has 2 aromatic carbocycles. The maximum absolute atomic E-state index is 14.5. The van der Waals surface area contributed by atoms with Gasteiger partial charge in [-0.1, -0.05) is 54.1 Å². The lowest BCUT2D eigenvalue weighted by Crippen LogP contribution is -2.27. The Hall–Kier alpha value is -3.23. The van der Waals surface area contributed by atoms with Crippen LogP contribution in [0.4, 0.5) is 8.78 Å². The molecule has 0 saturated heterocycles. The van der Waals surface area contributed by atoms with Gasteiger partial charge < -0.3 is 20.9 Å². The summed E-state index contributed by atoms with van der Waals surface area (Å²) >= 11 is 6.71. The molecule has 3 aromatic rings. The number of alkyl halides is 2. The maximum Gasteiger partial charge on any atom is 0.400 e. The highest BCUT2D eigenvalue weighted by Gasteiger charge is 2.50. The summed E-state index contributed by atoms with van der Waals surface area (Å²) in [4.78, 5) is 14.1. The van der Waals surface area contributed by atoms with Crippen molar-refractivity contribution in [2.45, 2.75) is 52.6 Å². The van der Waals surface area contributed by atoms with Gasteiger partial charge in [0, 0.05) is 24.9 Å². The maximum atomic E-state index is 14.5. The highest BCUT2D eigenvalue weighted by molar-refractivity contribution is 6.35. The summed E-state index contributed by atoms with van der Waals surface area (Å²) in [5.74, 6) is -0.721. The molecule has 1 atom stereocenters. The zero-order valence-electron chi connectivity index (χ0n) is 22.1. The summed E-state index contributed by atoms with van der Waals surface area (Å²) in [6.07, 6.45) is -2.37. The molecule has 4 rings (SSSR count). The molecule has 1 heterocycles. The second-order valence-electron chi connectivity index (χ2n) is 9.30. The molecular weight excluding hydrogens is 512 g/mol. The summed E-state index contributed by atoms with van der Waals surface area (Å²) in [6, 6.07) is 15.3. The van der Waals surface area contributed by atoms with E-state index in [9.17, 15) is 13.6 Å². The number of carbonyl (C=O) groups excluding carboxylic acids is 1. The Bertz CT molecular complexity index is 1260. The van der Waals surface area contributed by atoms with Crippen LogP contribution < -0.4 is 20.9 Å². The zero-order valence-corrected chi connectivity index (χ0v) is 22.8. The molecule has 1 unspecified atom stereocenters. The smallest absolute Gasteiger partial charge is 0.400 e. The number of primary amides is 1. The first kappa shape index (κ1) is 29.3. The van der Waals surface area contributed by atoms with Gasteiger partial charge in [-0.3, -0.25) is 4.79 Å². The zero-order chi connectivity index (χ0) is 28.0. The van der Waals surface area contributed by atoms with E-state index in [-0.39, 0.29) is 22.6 Å². The summed E-state index contributed by atoms with van der Waals surface area (Å²) < 4.78 is 40.2. The fourth-order valence-electron chi connectivity index (χ4n) is 4.09. The number of ether oxygens (including phenoxy) is 2. The van der Waals surface area contributed by atoms with E-state index in [1.807, 2.05) is 50.2 Å². The Balaban J connectivity index is 0.000000934. The number of halogens is 3. The van der Waals surface area contributed by atoms with Crippen LogP contribution >= 0.6 is 11.6 Å². The second-order valence-corrected chi connectivity index (χ2v) is 9.67. The van der Waals surface area contributed by atoms with Crippen LogP contribution in [0.15, 0.2) is 48.5 Å². The summed E-state index contributed by atoms with van der Waals surface area (Å²) in [6.45, 7) is 7.59. The third kappa shape index (κ3) is 6.99. The molecule has 9 heteroatoms. The molecule has 0 bridgehead atoms. The number of benzene rings is 2. The molecule has 1 aliphatic carbocycles. The predicted octanol–water partition coefficient (Wildman–Crippen LogP) is 6.38. The van der Waals surface area contributed by atoms with E-state index in [2.05, 4.69) is 5.73 Å². The number of nitrogens with two attached hydrogens (primary N) is 2. The van der Waals surface area contributed by atoms with Crippen molar-refractivity contribution in [2.24, 2.45) is 17.4 Å². The fourth-order valence-corrected chi connectivity index (χ4v) is 4.43. The SMILES string of the molecule is CC(N)=O.CCOc1c(C)cc(C(CN)c2ccccc2)nc1-c1ccc(C)c(OC(F)(F)C2CC2)c1Cl. The second kappa shape index (κ2) is 12.5. The van der Waals surface area contributed by atoms with Crippen molar-refractivity contribution in [2.75, 3.05) is 13.2 Å². The lowest BCUT2D eigenvalue weighted by atomic mass is 9.93. The molecule has 1 aliphatic rings. The van der Waals surface area contributed by atoms with Crippen molar-refractivity contribution in [3.63, 3.8) is 0 Å². The van der Waals surface area contributed by atoms with Crippen LogP contribution in [0.25, 0.3) is 11.3 Å². The van der Waals surface area contributed by atoms with Crippen LogP contribution in [0.1, 0.15) is 55.0 Å². The van der Waals surface area contributed by atoms with Crippen molar-refractivity contribution in [1.82, 2.24) is 4.98 Å². The molecule has 6 nitrogen and oxygen atoms in total. The van der Waals surface area contributed by atoms with Gasteiger partial charge in [-0.05, 0) is 56.4 Å². The van der Waals surface area contributed by atoms with Crippen molar-refractivity contribution in [3.05, 3.63) is 75.9 Å². The number of aromatic nitrogens is 1. The van der Waals surface area contributed by atoms with Gasteiger partial charge in [-0.2, -0.15) is 8.78 Å². The molecular formula is C29H34ClF2N3O3. The summed E-state index contributed by atoms with van der Waals surface area (Å²) in [5, 5.41) is 0.0920. The third-order valence-electron chi connectivity index (χ3n) is 6.10. The fraction of sp³-hybridized carbons (Fsp3) is 0.379. The van der Waals surface area contributed by atoms with Gasteiger partial charge >= 0.3 is 6.11 Å². The van der Waals surface area contributed by atoms with Crippen LogP contribution in [0.5, 0.6) is 11.5 Å². The van der Waals surface area contributed by atoms with Crippen molar-refractivity contribution in [3.8, 4) is 22.8 Å². The summed E-state index contributed by atoms with van der Waals surface area (Å²) in [5.41, 5.74) is 14.8. The molecule has 0 spiro atoms. The monoisotopic (exact) mass is 545 g/mol. The quantitative estimate of drug-likeness (QED) is 0.325. The Morgan fingerprint density at radius 1 is 1.13 bits per heavy atom. The first-order valence-corrected chi connectivity index (χ1v) is 12.9. The van der Waals surface area contributed by atoms with Gasteiger partial charge in [0.1, 0.15) is 17.2 Å². The van der Waals surface area contributed by atoms with Crippen LogP contribution in [0.2, 0.25) is 5.02 Å². The standard InChI is InChI=1S/C27H29ClF2N2O2.C2H5NO/c1-4-33-26-17(3)14-22(21(15-31)18-8-6-5-7-9-18)32-24(26)20-13-10-16(2)25(23(20)28)34-27(29,30)19-11-12-19;1-2(3)4/h5-10,13-14,19,21H,4,11-12,15,31H2,1-3H3;1H3,(H2,3,4). The van der Waals surface area contributed by atoms with Crippen LogP contribution in [0.3, 0.4) is 0 Å². The topological polar surface area (TPSA) is 100 Å². The lowest BCUT2D eigenvalue weighted by Gasteiger charge is -2.23. The molecule has 0 radical (unpaired) electrons. The number of hydrogen-bond donors (Lipinski definition) is 2. The highest BCUT2D eigenvalue weighted by Crippen LogP contribution is 2.48. The lowest BCUT2D eigenvalue weighted by molar-refractivity contribution is -0.192. The van der Waals surface area contributed by atoms with E-state index < -0.39 is 12.0 Å². The molecule has 1 saturated carbocycles. The minimum Gasteiger partial charge on any atom is -0.491 e. The highest BCUT2D eigenvalue weighted by atomic mass is 35.5. The predicted molar refractivity (Wildman–Crippen MR) is 146 cm³/mol. The Morgan fingerprint density at radius 3 is 2.32 bits per heavy atom. The van der Waals surface area contributed by atoms with E-state index in [4.69, 9.17) is 31.8 Å². The minimum atomic E-state index is -3.26. The van der Waals surface area contributed by atoms with Crippen molar-refractivity contribution < 1.29 is 23.0 Å². The first-order chi connectivity index (χ1) is 18.0. The molecule has 0 aliphatic heterocycles. The molecule has 1 fully saturated rings. The first-order valence-electron chi connectivity index (χ1n) is 12.5. The van der Waals surface area contributed by atoms with Gasteiger partial charge in [0.05, 0.1) is 23.2 Å². The Kier molecular flexibility index (Phi) is 9.68. The normalized spacial score (nSPS) is 13.8. The van der Waals surface area contributed by atoms with Crippen LogP contribution in [0, 0.1) is 19.8 Å². The largest absolute Gasteiger partial charge is 0.491 e. The number of carbonyl (C=O) groups is 1. The molecule has 4 N–H and O–H groups in total. The average molecular weight is 546 g/mol. The minimum absolute atomic E-state index is 0.0261. The van der Waals surface area contributed by atoms with Gasteiger partial charge in [-0.15, -0.1) is 0 Å². The Morgan fingerprint density at radius 2 is 1.76 bits per heavy atom. The van der Waals surface area contributed by atoms with Crippen LogP contribution in [-0.4, -0.2) is 30.2 Å². The van der Waals surface area contributed by atoms with E-state index >= 15 is 0 Å². The van der Waals surface area contributed by atoms with Gasteiger partial charge in [0.2, 0.25) is 5.91 Å².